The quantitative estimate of drug-likeness (QED) is 0.193. The van der Waals surface area contributed by atoms with Gasteiger partial charge in [-0.3, -0.25) is 4.79 Å². The van der Waals surface area contributed by atoms with Crippen molar-refractivity contribution in [3.63, 3.8) is 0 Å². The summed E-state index contributed by atoms with van der Waals surface area (Å²) in [6.45, 7) is 1.41. The monoisotopic (exact) mass is 546 g/mol. The van der Waals surface area contributed by atoms with Crippen LogP contribution in [0.5, 0.6) is 0 Å². The van der Waals surface area contributed by atoms with Crippen molar-refractivity contribution in [1.29, 1.82) is 0 Å². The topological polar surface area (TPSA) is 91.8 Å². The number of amides is 1. The Labute approximate surface area is 225 Å². The molecule has 0 saturated carbocycles. The van der Waals surface area contributed by atoms with Crippen LogP contribution >= 0.6 is 11.3 Å². The first-order chi connectivity index (χ1) is 18.7. The van der Waals surface area contributed by atoms with E-state index in [1.165, 1.54) is 19.1 Å². The van der Waals surface area contributed by atoms with Gasteiger partial charge in [0.15, 0.2) is 0 Å². The van der Waals surface area contributed by atoms with Gasteiger partial charge in [0.2, 0.25) is 11.9 Å². The Morgan fingerprint density at radius 3 is 2.31 bits per heavy atom. The highest BCUT2D eigenvalue weighted by atomic mass is 32.1. The normalized spacial score (nSPS) is 11.2. The Balaban J connectivity index is 1.47. The van der Waals surface area contributed by atoms with Gasteiger partial charge < -0.3 is 16.0 Å². The third-order valence-corrected chi connectivity index (χ3v) is 6.30. The number of nitrogens with one attached hydrogen (secondary N) is 3. The molecule has 0 radical (unpaired) electrons. The summed E-state index contributed by atoms with van der Waals surface area (Å²) in [6.07, 6.45) is -1.19. The molecular formula is C28H21F3N6OS. The molecule has 7 nitrogen and oxygen atoms in total. The zero-order chi connectivity index (χ0) is 27.4. The molecule has 0 spiro atoms. The second-order valence-corrected chi connectivity index (χ2v) is 9.27. The van der Waals surface area contributed by atoms with Gasteiger partial charge in [-0.25, -0.2) is 9.97 Å². The number of halogens is 3. The first kappa shape index (κ1) is 25.9. The lowest BCUT2D eigenvalue weighted by Gasteiger charge is -2.15. The predicted molar refractivity (Wildman–Crippen MR) is 147 cm³/mol. The van der Waals surface area contributed by atoms with E-state index in [0.717, 1.165) is 23.3 Å². The Kier molecular flexibility index (Phi) is 7.24. The second-order valence-electron chi connectivity index (χ2n) is 8.49. The maximum atomic E-state index is 13.3. The molecule has 11 heteroatoms. The van der Waals surface area contributed by atoms with Crippen LogP contribution in [0.2, 0.25) is 0 Å². The van der Waals surface area contributed by atoms with Crippen molar-refractivity contribution in [3.05, 3.63) is 95.4 Å². The van der Waals surface area contributed by atoms with E-state index in [-0.39, 0.29) is 23.4 Å². The number of nitrogens with zero attached hydrogens (tertiary/aromatic N) is 3. The van der Waals surface area contributed by atoms with Crippen LogP contribution in [0.4, 0.5) is 42.1 Å². The van der Waals surface area contributed by atoms with Gasteiger partial charge in [0, 0.05) is 41.8 Å². The summed E-state index contributed by atoms with van der Waals surface area (Å²) >= 11 is 1.60. The molecule has 39 heavy (non-hydrogen) atoms. The molecule has 2 aromatic carbocycles. The lowest BCUT2D eigenvalue weighted by molar-refractivity contribution is -0.137. The molecular weight excluding hydrogens is 525 g/mol. The zero-order valence-corrected chi connectivity index (χ0v) is 21.3. The van der Waals surface area contributed by atoms with Crippen molar-refractivity contribution in [2.24, 2.45) is 0 Å². The van der Waals surface area contributed by atoms with E-state index in [2.05, 4.69) is 30.9 Å². The molecule has 0 aliphatic rings. The van der Waals surface area contributed by atoms with E-state index in [9.17, 15) is 18.0 Å². The summed E-state index contributed by atoms with van der Waals surface area (Å²) in [6, 6.07) is 17.6. The minimum Gasteiger partial charge on any atom is -0.340 e. The molecule has 3 heterocycles. The van der Waals surface area contributed by atoms with Crippen molar-refractivity contribution in [3.8, 4) is 22.3 Å². The number of carbonyl (C=O) groups is 1. The number of alkyl halides is 3. The van der Waals surface area contributed by atoms with E-state index in [1.54, 1.807) is 54.1 Å². The summed E-state index contributed by atoms with van der Waals surface area (Å²) in [5.74, 6) is 0.796. The summed E-state index contributed by atoms with van der Waals surface area (Å²) in [7, 11) is 0. The van der Waals surface area contributed by atoms with Crippen molar-refractivity contribution in [2.45, 2.75) is 13.1 Å². The molecule has 1 amide bonds. The minimum atomic E-state index is -4.49. The maximum absolute atomic E-state index is 13.3. The van der Waals surface area contributed by atoms with Gasteiger partial charge in [0.25, 0.3) is 0 Å². The lowest BCUT2D eigenvalue weighted by atomic mass is 10.1. The number of hydrogen-bond acceptors (Lipinski definition) is 7. The van der Waals surface area contributed by atoms with Crippen LogP contribution in [0, 0.1) is 0 Å². The number of anilines is 5. The summed E-state index contributed by atoms with van der Waals surface area (Å²) in [5, 5.41) is 12.8. The molecule has 0 atom stereocenters. The third-order valence-electron chi connectivity index (χ3n) is 5.62. The van der Waals surface area contributed by atoms with Crippen LogP contribution < -0.4 is 16.0 Å². The standard InChI is InChI=1S/C28H21F3N6OS/c1-17(38)34-22-8-5-18(6-9-22)24-15-33-27(36-25-10-7-19(14-32-25)20-11-12-39-16-20)37-26(24)35-23-4-2-3-21(13-23)28(29,30)31/h2-16H,1H3,(H,34,38)(H2,32,33,35,36,37). The molecule has 196 valence electrons. The van der Waals surface area contributed by atoms with Crippen LogP contribution in [0.1, 0.15) is 12.5 Å². The largest absolute Gasteiger partial charge is 0.416 e. The first-order valence-corrected chi connectivity index (χ1v) is 12.6. The Hall–Kier alpha value is -4.77. The molecule has 5 rings (SSSR count). The number of aromatic nitrogens is 3. The van der Waals surface area contributed by atoms with Gasteiger partial charge in [-0.1, -0.05) is 18.2 Å². The molecule has 0 bridgehead atoms. The van der Waals surface area contributed by atoms with Crippen LogP contribution in [-0.4, -0.2) is 20.9 Å². The molecule has 0 saturated heterocycles. The van der Waals surface area contributed by atoms with Gasteiger partial charge >= 0.3 is 6.18 Å². The summed E-state index contributed by atoms with van der Waals surface area (Å²) in [4.78, 5) is 24.7. The van der Waals surface area contributed by atoms with Crippen LogP contribution in [-0.2, 0) is 11.0 Å². The van der Waals surface area contributed by atoms with Gasteiger partial charge in [-0.05, 0) is 70.4 Å². The number of pyridine rings is 1. The van der Waals surface area contributed by atoms with Crippen LogP contribution in [0.3, 0.4) is 0 Å². The number of hydrogen-bond donors (Lipinski definition) is 3. The molecule has 3 aromatic heterocycles. The number of benzene rings is 2. The summed E-state index contributed by atoms with van der Waals surface area (Å²) < 4.78 is 39.9. The van der Waals surface area contributed by atoms with Crippen molar-refractivity contribution in [1.82, 2.24) is 15.0 Å². The van der Waals surface area contributed by atoms with Gasteiger partial charge in [-0.2, -0.15) is 29.5 Å². The zero-order valence-electron chi connectivity index (χ0n) is 20.5. The Bertz CT molecular complexity index is 1590. The minimum absolute atomic E-state index is 0.203. The van der Waals surface area contributed by atoms with E-state index in [1.807, 2.05) is 22.9 Å². The maximum Gasteiger partial charge on any atom is 0.416 e. The van der Waals surface area contributed by atoms with Crippen molar-refractivity contribution < 1.29 is 18.0 Å². The molecule has 0 fully saturated rings. The Morgan fingerprint density at radius 2 is 1.64 bits per heavy atom. The second kappa shape index (κ2) is 10.9. The van der Waals surface area contributed by atoms with Crippen molar-refractivity contribution in [2.75, 3.05) is 16.0 Å². The van der Waals surface area contributed by atoms with Gasteiger partial charge in [0.05, 0.1) is 5.56 Å². The lowest BCUT2D eigenvalue weighted by Crippen LogP contribution is -2.07. The summed E-state index contributed by atoms with van der Waals surface area (Å²) in [5.41, 5.74) is 3.32. The van der Waals surface area contributed by atoms with Crippen LogP contribution in [0.15, 0.2) is 89.9 Å². The van der Waals surface area contributed by atoms with E-state index >= 15 is 0 Å². The molecule has 0 aliphatic heterocycles. The van der Waals surface area contributed by atoms with Gasteiger partial charge in [-0.15, -0.1) is 0 Å². The number of thiophene rings is 1. The highest BCUT2D eigenvalue weighted by Gasteiger charge is 2.30. The molecule has 3 N–H and O–H groups in total. The fourth-order valence-electron chi connectivity index (χ4n) is 3.78. The number of rotatable bonds is 7. The van der Waals surface area contributed by atoms with Gasteiger partial charge in [0.1, 0.15) is 11.6 Å². The highest BCUT2D eigenvalue weighted by molar-refractivity contribution is 7.08. The average Bonchev–Trinajstić information content (AvgIpc) is 3.45. The van der Waals surface area contributed by atoms with Crippen LogP contribution in [0.25, 0.3) is 22.3 Å². The molecule has 0 unspecified atom stereocenters. The number of carbonyl (C=O) groups excluding carboxylic acids is 1. The first-order valence-electron chi connectivity index (χ1n) is 11.7. The average molecular weight is 547 g/mol. The third kappa shape index (κ3) is 6.39. The fourth-order valence-corrected chi connectivity index (χ4v) is 4.44. The van der Waals surface area contributed by atoms with E-state index in [0.29, 0.717) is 22.6 Å². The predicted octanol–water partition coefficient (Wildman–Crippen LogP) is 7.73. The van der Waals surface area contributed by atoms with Crippen molar-refractivity contribution >= 4 is 46.2 Å². The SMILES string of the molecule is CC(=O)Nc1ccc(-c2cnc(Nc3ccc(-c4ccsc4)cn3)nc2Nc2cccc(C(F)(F)F)c2)cc1. The molecule has 0 aliphatic carbocycles. The molecule has 5 aromatic rings. The van der Waals surface area contributed by atoms with E-state index in [4.69, 9.17) is 0 Å². The fraction of sp³-hybridized carbons (Fsp3) is 0.0714. The smallest absolute Gasteiger partial charge is 0.340 e. The highest BCUT2D eigenvalue weighted by Crippen LogP contribution is 2.34. The Morgan fingerprint density at radius 1 is 0.846 bits per heavy atom. The van der Waals surface area contributed by atoms with E-state index < -0.39 is 11.7 Å².